The molecule has 1 aromatic rings. The molecule has 0 saturated carbocycles. The summed E-state index contributed by atoms with van der Waals surface area (Å²) in [6, 6.07) is 5.26. The fourth-order valence-electron chi connectivity index (χ4n) is 3.25. The van der Waals surface area contributed by atoms with Crippen LogP contribution < -0.4 is 9.50 Å². The molecule has 0 aromatic heterocycles. The van der Waals surface area contributed by atoms with E-state index in [0.29, 0.717) is 17.5 Å². The van der Waals surface area contributed by atoms with Crippen molar-refractivity contribution in [2.75, 3.05) is 31.6 Å². The summed E-state index contributed by atoms with van der Waals surface area (Å²) < 4.78 is 42.7. The first kappa shape index (κ1) is 17.9. The van der Waals surface area contributed by atoms with Crippen LogP contribution in [-0.4, -0.2) is 45.7 Å². The van der Waals surface area contributed by atoms with E-state index in [-0.39, 0.29) is 11.8 Å². The summed E-state index contributed by atoms with van der Waals surface area (Å²) in [5.41, 5.74) is 0.487. The lowest BCUT2D eigenvalue weighted by molar-refractivity contribution is 0.0427. The average Bonchev–Trinajstić information content (AvgIpc) is 2.52. The number of rotatable bonds is 5. The maximum Gasteiger partial charge on any atom is 0.488 e. The molecular weight excluding hydrogens is 351 g/mol. The van der Waals surface area contributed by atoms with Crippen LogP contribution in [0.4, 0.5) is 14.4 Å². The summed E-state index contributed by atoms with van der Waals surface area (Å²) in [7, 11) is -5.04. The van der Waals surface area contributed by atoms with Crippen LogP contribution in [0.1, 0.15) is 19.3 Å². The molecule has 2 heterocycles. The molecule has 3 rings (SSSR count). The van der Waals surface area contributed by atoms with E-state index in [2.05, 4.69) is 9.50 Å². The number of urea groups is 1. The van der Waals surface area contributed by atoms with Gasteiger partial charge in [-0.3, -0.25) is 0 Å². The van der Waals surface area contributed by atoms with Crippen molar-refractivity contribution < 1.29 is 26.0 Å². The molecule has 1 aromatic carbocycles. The molecule has 2 saturated heterocycles. The zero-order chi connectivity index (χ0) is 17.9. The van der Waals surface area contributed by atoms with Crippen LogP contribution in [0.2, 0.25) is 0 Å². The second kappa shape index (κ2) is 7.57. The number of benzene rings is 1. The normalized spacial score (nSPS) is 19.3. The standard InChI is InChI=1S/C16H21FN2O5S/c17-25(21,22)24-15-3-1-14(2-4-15)18-16(20)19-10-13(11-19)9-12-5-7-23-8-6-12/h1-4,12-13H,5-11H2,(H,18,20). The second-order valence-corrected chi connectivity index (χ2v) is 7.45. The zero-order valence-electron chi connectivity index (χ0n) is 13.7. The first-order valence-corrected chi connectivity index (χ1v) is 9.58. The molecule has 2 fully saturated rings. The number of anilines is 1. The molecule has 1 N–H and O–H groups in total. The number of carbonyl (C=O) groups is 1. The van der Waals surface area contributed by atoms with Gasteiger partial charge in [0.1, 0.15) is 5.75 Å². The van der Waals surface area contributed by atoms with E-state index in [1.807, 2.05) is 0 Å². The van der Waals surface area contributed by atoms with E-state index in [0.717, 1.165) is 45.6 Å². The number of amides is 2. The molecule has 138 valence electrons. The van der Waals surface area contributed by atoms with Gasteiger partial charge in [0, 0.05) is 32.0 Å². The fourth-order valence-corrected chi connectivity index (χ4v) is 3.59. The summed E-state index contributed by atoms with van der Waals surface area (Å²) in [5.74, 6) is 1.09. The van der Waals surface area contributed by atoms with Crippen LogP contribution in [0.15, 0.2) is 24.3 Å². The molecule has 0 aliphatic carbocycles. The molecule has 0 spiro atoms. The lowest BCUT2D eigenvalue weighted by atomic mass is 9.85. The van der Waals surface area contributed by atoms with Crippen molar-refractivity contribution in [1.29, 1.82) is 0 Å². The average molecular weight is 372 g/mol. The van der Waals surface area contributed by atoms with Gasteiger partial charge >= 0.3 is 16.5 Å². The van der Waals surface area contributed by atoms with Crippen molar-refractivity contribution >= 4 is 22.2 Å². The van der Waals surface area contributed by atoms with E-state index in [1.54, 1.807) is 4.90 Å². The summed E-state index contributed by atoms with van der Waals surface area (Å²) in [4.78, 5) is 13.9. The number of carbonyl (C=O) groups excluding carboxylic acids is 1. The van der Waals surface area contributed by atoms with Gasteiger partial charge in [0.25, 0.3) is 0 Å². The summed E-state index contributed by atoms with van der Waals surface area (Å²) in [5, 5.41) is 2.73. The molecule has 2 amide bonds. The molecule has 0 unspecified atom stereocenters. The van der Waals surface area contributed by atoms with Gasteiger partial charge in [0.05, 0.1) is 0 Å². The molecule has 25 heavy (non-hydrogen) atoms. The van der Waals surface area contributed by atoms with Crippen molar-refractivity contribution in [3.63, 3.8) is 0 Å². The monoisotopic (exact) mass is 372 g/mol. The van der Waals surface area contributed by atoms with E-state index in [9.17, 15) is 17.1 Å². The first-order valence-electron chi connectivity index (χ1n) is 8.27. The molecule has 2 aliphatic rings. The predicted molar refractivity (Wildman–Crippen MR) is 89.3 cm³/mol. The number of likely N-dealkylation sites (tertiary alicyclic amines) is 1. The van der Waals surface area contributed by atoms with Crippen LogP contribution in [0.3, 0.4) is 0 Å². The highest BCUT2D eigenvalue weighted by molar-refractivity contribution is 7.81. The highest BCUT2D eigenvalue weighted by atomic mass is 32.3. The molecule has 0 bridgehead atoms. The lowest BCUT2D eigenvalue weighted by Crippen LogP contribution is -2.52. The Morgan fingerprint density at radius 1 is 1.20 bits per heavy atom. The molecule has 7 nitrogen and oxygen atoms in total. The fraction of sp³-hybridized carbons (Fsp3) is 0.562. The third kappa shape index (κ3) is 5.30. The van der Waals surface area contributed by atoms with Crippen LogP contribution >= 0.6 is 0 Å². The Morgan fingerprint density at radius 2 is 1.84 bits per heavy atom. The Morgan fingerprint density at radius 3 is 2.44 bits per heavy atom. The van der Waals surface area contributed by atoms with Crippen LogP contribution in [0.5, 0.6) is 5.75 Å². The molecular formula is C16H21FN2O5S. The lowest BCUT2D eigenvalue weighted by Gasteiger charge is -2.41. The summed E-state index contributed by atoms with van der Waals surface area (Å²) in [6.07, 6.45) is 3.34. The second-order valence-electron chi connectivity index (χ2n) is 6.49. The van der Waals surface area contributed by atoms with Crippen molar-refractivity contribution in [2.45, 2.75) is 19.3 Å². The van der Waals surface area contributed by atoms with Gasteiger partial charge < -0.3 is 19.1 Å². The minimum Gasteiger partial charge on any atom is -0.381 e. The maximum absolute atomic E-state index is 12.4. The number of nitrogens with zero attached hydrogens (tertiary/aromatic N) is 1. The van der Waals surface area contributed by atoms with Gasteiger partial charge in [-0.05, 0) is 55.4 Å². The van der Waals surface area contributed by atoms with E-state index in [4.69, 9.17) is 4.74 Å². The van der Waals surface area contributed by atoms with Gasteiger partial charge in [0.15, 0.2) is 0 Å². The molecule has 0 atom stereocenters. The van der Waals surface area contributed by atoms with Crippen molar-refractivity contribution in [3.05, 3.63) is 24.3 Å². The van der Waals surface area contributed by atoms with E-state index in [1.165, 1.54) is 24.3 Å². The molecule has 0 radical (unpaired) electrons. The smallest absolute Gasteiger partial charge is 0.381 e. The number of nitrogens with one attached hydrogen (secondary N) is 1. The third-order valence-electron chi connectivity index (χ3n) is 4.55. The van der Waals surface area contributed by atoms with E-state index < -0.39 is 10.5 Å². The highest BCUT2D eigenvalue weighted by Gasteiger charge is 2.32. The zero-order valence-corrected chi connectivity index (χ0v) is 14.5. The number of hydrogen-bond donors (Lipinski definition) is 1. The topological polar surface area (TPSA) is 84.9 Å². The Labute approximate surface area is 146 Å². The van der Waals surface area contributed by atoms with Gasteiger partial charge in [0.2, 0.25) is 0 Å². The Bertz CT molecular complexity index is 698. The van der Waals surface area contributed by atoms with Gasteiger partial charge in [-0.15, -0.1) is 0 Å². The van der Waals surface area contributed by atoms with E-state index >= 15 is 0 Å². The quantitative estimate of drug-likeness (QED) is 0.803. The SMILES string of the molecule is O=C(Nc1ccc(OS(=O)(=O)F)cc1)N1CC(CC2CCOCC2)C1. The van der Waals surface area contributed by atoms with Crippen LogP contribution in [0.25, 0.3) is 0 Å². The largest absolute Gasteiger partial charge is 0.488 e. The first-order chi connectivity index (χ1) is 11.9. The number of halogens is 1. The Hall–Kier alpha value is -1.87. The van der Waals surface area contributed by atoms with Crippen molar-refractivity contribution in [2.24, 2.45) is 11.8 Å². The van der Waals surface area contributed by atoms with Gasteiger partial charge in [-0.1, -0.05) is 3.89 Å². The van der Waals surface area contributed by atoms with Crippen molar-refractivity contribution in [3.8, 4) is 5.75 Å². The third-order valence-corrected chi connectivity index (χ3v) is 4.94. The highest BCUT2D eigenvalue weighted by Crippen LogP contribution is 2.29. The summed E-state index contributed by atoms with van der Waals surface area (Å²) in [6.45, 7) is 3.16. The van der Waals surface area contributed by atoms with Crippen LogP contribution in [0, 0.1) is 11.8 Å². The van der Waals surface area contributed by atoms with Crippen molar-refractivity contribution in [1.82, 2.24) is 4.90 Å². The molecule has 2 aliphatic heterocycles. The molecule has 9 heteroatoms. The predicted octanol–water partition coefficient (Wildman–Crippen LogP) is 2.56. The van der Waals surface area contributed by atoms with Gasteiger partial charge in [-0.2, -0.15) is 8.42 Å². The summed E-state index contributed by atoms with van der Waals surface area (Å²) >= 11 is 0. The van der Waals surface area contributed by atoms with Gasteiger partial charge in [-0.25, -0.2) is 4.79 Å². The van der Waals surface area contributed by atoms with Crippen LogP contribution in [-0.2, 0) is 15.2 Å². The number of ether oxygens (including phenoxy) is 1. The number of hydrogen-bond acceptors (Lipinski definition) is 5. The Kier molecular flexibility index (Phi) is 5.43. The Balaban J connectivity index is 1.42. The minimum absolute atomic E-state index is 0.152. The minimum atomic E-state index is -5.04. The maximum atomic E-state index is 12.4.